The number of nitrogens with zero attached hydrogens (tertiary/aromatic N) is 3. The number of aromatic hydroxyl groups is 2. The molecule has 0 bridgehead atoms. The zero-order chi connectivity index (χ0) is 13.8. The minimum Gasteiger partial charge on any atom is -0.506 e. The maximum Gasteiger partial charge on any atom is 0.151 e. The van der Waals surface area contributed by atoms with Crippen LogP contribution in [0, 0.1) is 0 Å². The molecule has 0 fully saturated rings. The smallest absolute Gasteiger partial charge is 0.151 e. The van der Waals surface area contributed by atoms with Gasteiger partial charge in [-0.15, -0.1) is 10.2 Å². The summed E-state index contributed by atoms with van der Waals surface area (Å²) in [7, 11) is 3.71. The number of phenolic OH excluding ortho intramolecular Hbond substituents is 2. The summed E-state index contributed by atoms with van der Waals surface area (Å²) >= 11 is 0. The Balaban J connectivity index is 2.41. The van der Waals surface area contributed by atoms with Crippen LogP contribution >= 0.6 is 0 Å². The van der Waals surface area contributed by atoms with Crippen LogP contribution in [0.5, 0.6) is 11.5 Å². The van der Waals surface area contributed by atoms with E-state index in [1.807, 2.05) is 25.1 Å². The Morgan fingerprint density at radius 3 is 2.21 bits per heavy atom. The molecular formula is C14H15N3O2. The molecule has 5 heteroatoms. The normalized spacial score (nSPS) is 10.8. The van der Waals surface area contributed by atoms with Crippen molar-refractivity contribution >= 4 is 17.1 Å². The number of anilines is 1. The lowest BCUT2D eigenvalue weighted by Crippen LogP contribution is -2.08. The van der Waals surface area contributed by atoms with Gasteiger partial charge in [-0.3, -0.25) is 0 Å². The highest BCUT2D eigenvalue weighted by atomic mass is 16.3. The van der Waals surface area contributed by atoms with E-state index in [2.05, 4.69) is 10.2 Å². The fourth-order valence-corrected chi connectivity index (χ4v) is 1.64. The number of hydrogen-bond donors (Lipinski definition) is 2. The molecule has 0 saturated carbocycles. The molecule has 2 aromatic rings. The van der Waals surface area contributed by atoms with E-state index in [4.69, 9.17) is 0 Å². The third kappa shape index (κ3) is 2.82. The summed E-state index contributed by atoms with van der Waals surface area (Å²) in [6.45, 7) is 0. The van der Waals surface area contributed by atoms with Crippen molar-refractivity contribution in [1.82, 2.24) is 0 Å². The molecule has 19 heavy (non-hydrogen) atoms. The highest BCUT2D eigenvalue weighted by molar-refractivity contribution is 5.72. The van der Waals surface area contributed by atoms with Gasteiger partial charge in [0, 0.05) is 14.1 Å². The molecular weight excluding hydrogens is 242 g/mol. The van der Waals surface area contributed by atoms with E-state index in [9.17, 15) is 10.2 Å². The molecule has 0 amide bonds. The molecule has 0 aromatic heterocycles. The Morgan fingerprint density at radius 2 is 1.53 bits per heavy atom. The van der Waals surface area contributed by atoms with Crippen molar-refractivity contribution in [3.63, 3.8) is 0 Å². The van der Waals surface area contributed by atoms with Crippen LogP contribution in [0.15, 0.2) is 52.7 Å². The fraction of sp³-hybridized carbons (Fsp3) is 0.143. The second kappa shape index (κ2) is 5.39. The van der Waals surface area contributed by atoms with E-state index < -0.39 is 0 Å². The number of benzene rings is 2. The fourth-order valence-electron chi connectivity index (χ4n) is 1.64. The molecule has 0 heterocycles. The molecule has 0 spiro atoms. The van der Waals surface area contributed by atoms with Crippen LogP contribution in [0.3, 0.4) is 0 Å². The van der Waals surface area contributed by atoms with Crippen molar-refractivity contribution in [2.75, 3.05) is 19.0 Å². The summed E-state index contributed by atoms with van der Waals surface area (Å²) < 4.78 is 0. The first-order chi connectivity index (χ1) is 9.09. The summed E-state index contributed by atoms with van der Waals surface area (Å²) in [4.78, 5) is 1.83. The third-order valence-electron chi connectivity index (χ3n) is 2.61. The second-order valence-corrected chi connectivity index (χ2v) is 4.23. The van der Waals surface area contributed by atoms with Crippen LogP contribution < -0.4 is 4.90 Å². The Bertz CT molecular complexity index is 609. The monoisotopic (exact) mass is 257 g/mol. The highest BCUT2D eigenvalue weighted by Crippen LogP contribution is 2.38. The summed E-state index contributed by atoms with van der Waals surface area (Å²) in [6, 6.07) is 11.8. The van der Waals surface area contributed by atoms with Crippen LogP contribution in [0.1, 0.15) is 0 Å². The molecule has 0 radical (unpaired) electrons. The van der Waals surface area contributed by atoms with Crippen molar-refractivity contribution in [1.29, 1.82) is 0 Å². The summed E-state index contributed by atoms with van der Waals surface area (Å²) in [5.41, 5.74) is 1.48. The predicted molar refractivity (Wildman–Crippen MR) is 74.7 cm³/mol. The van der Waals surface area contributed by atoms with Gasteiger partial charge in [-0.2, -0.15) is 0 Å². The van der Waals surface area contributed by atoms with Gasteiger partial charge >= 0.3 is 0 Å². The lowest BCUT2D eigenvalue weighted by Gasteiger charge is -2.14. The van der Waals surface area contributed by atoms with E-state index >= 15 is 0 Å². The number of rotatable bonds is 3. The van der Waals surface area contributed by atoms with Gasteiger partial charge in [0.1, 0.15) is 17.2 Å². The molecule has 0 atom stereocenters. The quantitative estimate of drug-likeness (QED) is 0.826. The van der Waals surface area contributed by atoms with Gasteiger partial charge in [0.25, 0.3) is 0 Å². The van der Waals surface area contributed by atoms with Gasteiger partial charge in [0.05, 0.1) is 5.69 Å². The number of azo groups is 1. The minimum absolute atomic E-state index is 0.0466. The second-order valence-electron chi connectivity index (χ2n) is 4.23. The lowest BCUT2D eigenvalue weighted by atomic mass is 10.2. The van der Waals surface area contributed by atoms with Crippen LogP contribution in [0.2, 0.25) is 0 Å². The Hall–Kier alpha value is -2.56. The number of para-hydroxylation sites is 1. The van der Waals surface area contributed by atoms with Gasteiger partial charge in [-0.05, 0) is 24.3 Å². The maximum absolute atomic E-state index is 9.84. The van der Waals surface area contributed by atoms with Gasteiger partial charge in [0.2, 0.25) is 0 Å². The van der Waals surface area contributed by atoms with Crippen molar-refractivity contribution in [2.24, 2.45) is 10.2 Å². The van der Waals surface area contributed by atoms with Crippen molar-refractivity contribution in [3.8, 4) is 11.5 Å². The van der Waals surface area contributed by atoms with Crippen LogP contribution in [0.25, 0.3) is 0 Å². The Labute approximate surface area is 111 Å². The molecule has 2 aromatic carbocycles. The standard InChI is InChI=1S/C14H15N3O2/c1-17(2)11-7-5-9-13(19)14(11)16-15-10-6-3-4-8-12(10)18/h3-9,18-19H,1-2H3. The summed E-state index contributed by atoms with van der Waals surface area (Å²) in [5.74, 6) is 0.0958. The molecule has 0 aliphatic rings. The number of phenols is 2. The van der Waals surface area contributed by atoms with Crippen LogP contribution in [0.4, 0.5) is 17.1 Å². The predicted octanol–water partition coefficient (Wildman–Crippen LogP) is 3.58. The van der Waals surface area contributed by atoms with Crippen molar-refractivity contribution in [2.45, 2.75) is 0 Å². The van der Waals surface area contributed by atoms with Gasteiger partial charge < -0.3 is 15.1 Å². The zero-order valence-electron chi connectivity index (χ0n) is 10.8. The maximum atomic E-state index is 9.84. The first-order valence-corrected chi connectivity index (χ1v) is 5.78. The third-order valence-corrected chi connectivity index (χ3v) is 2.61. The van der Waals surface area contributed by atoms with Crippen LogP contribution in [-0.4, -0.2) is 24.3 Å². The molecule has 2 N–H and O–H groups in total. The lowest BCUT2D eigenvalue weighted by molar-refractivity contribution is 0.474. The van der Waals surface area contributed by atoms with Gasteiger partial charge in [-0.25, -0.2) is 0 Å². The molecule has 5 nitrogen and oxygen atoms in total. The molecule has 0 saturated heterocycles. The molecule has 98 valence electrons. The highest BCUT2D eigenvalue weighted by Gasteiger charge is 2.09. The SMILES string of the molecule is CN(C)c1cccc(O)c1N=Nc1ccccc1O. The largest absolute Gasteiger partial charge is 0.506 e. The molecule has 0 aliphatic carbocycles. The molecule has 0 aliphatic heterocycles. The van der Waals surface area contributed by atoms with Crippen molar-refractivity contribution in [3.05, 3.63) is 42.5 Å². The van der Waals surface area contributed by atoms with E-state index in [1.54, 1.807) is 30.3 Å². The zero-order valence-corrected chi connectivity index (χ0v) is 10.8. The summed E-state index contributed by atoms with van der Waals surface area (Å²) in [6.07, 6.45) is 0. The first-order valence-electron chi connectivity index (χ1n) is 5.78. The average molecular weight is 257 g/mol. The summed E-state index contributed by atoms with van der Waals surface area (Å²) in [5, 5.41) is 27.5. The van der Waals surface area contributed by atoms with E-state index in [-0.39, 0.29) is 11.5 Å². The Kier molecular flexibility index (Phi) is 3.66. The first kappa shape index (κ1) is 12.9. The topological polar surface area (TPSA) is 68.4 Å². The Morgan fingerprint density at radius 1 is 0.842 bits per heavy atom. The van der Waals surface area contributed by atoms with Crippen LogP contribution in [-0.2, 0) is 0 Å². The van der Waals surface area contributed by atoms with Gasteiger partial charge in [-0.1, -0.05) is 18.2 Å². The van der Waals surface area contributed by atoms with E-state index in [1.165, 1.54) is 6.07 Å². The van der Waals surface area contributed by atoms with E-state index in [0.29, 0.717) is 11.4 Å². The van der Waals surface area contributed by atoms with Crippen molar-refractivity contribution < 1.29 is 10.2 Å². The molecule has 2 rings (SSSR count). The number of hydrogen-bond acceptors (Lipinski definition) is 5. The van der Waals surface area contributed by atoms with E-state index in [0.717, 1.165) is 5.69 Å². The minimum atomic E-state index is 0.0466. The van der Waals surface area contributed by atoms with Gasteiger partial charge in [0.15, 0.2) is 5.69 Å². The molecule has 0 unspecified atom stereocenters. The average Bonchev–Trinajstić information content (AvgIpc) is 2.38.